The highest BCUT2D eigenvalue weighted by molar-refractivity contribution is 7.71. The number of H-pyrrole nitrogens is 1. The van der Waals surface area contributed by atoms with Crippen LogP contribution in [0, 0.1) is 4.77 Å². The first kappa shape index (κ1) is 18.5. The molecule has 0 aliphatic rings. The number of para-hydroxylation sites is 2. The summed E-state index contributed by atoms with van der Waals surface area (Å²) in [6.45, 7) is 0. The van der Waals surface area contributed by atoms with E-state index in [1.54, 1.807) is 6.21 Å². The molecular weight excluding hydrogens is 382 g/mol. The minimum atomic E-state index is 0.314. The molecule has 7 nitrogen and oxygen atoms in total. The zero-order valence-corrected chi connectivity index (χ0v) is 16.3. The Labute approximate surface area is 173 Å². The van der Waals surface area contributed by atoms with Gasteiger partial charge in [-0.3, -0.25) is 0 Å². The van der Waals surface area contributed by atoms with E-state index in [0.29, 0.717) is 10.7 Å². The van der Waals surface area contributed by atoms with Crippen LogP contribution in [0.2, 0.25) is 0 Å². The van der Waals surface area contributed by atoms with Gasteiger partial charge in [0.15, 0.2) is 0 Å². The normalized spacial score (nSPS) is 10.9. The lowest BCUT2D eigenvalue weighted by molar-refractivity contribution is 0.971. The number of rotatable bonds is 6. The molecule has 0 atom stereocenters. The molecule has 0 fully saturated rings. The highest BCUT2D eigenvalue weighted by Crippen LogP contribution is 2.33. The van der Waals surface area contributed by atoms with E-state index >= 15 is 0 Å². The summed E-state index contributed by atoms with van der Waals surface area (Å²) in [6.07, 6.45) is 1.69. The number of hydrazone groups is 1. The van der Waals surface area contributed by atoms with Crippen molar-refractivity contribution < 1.29 is 0 Å². The molecule has 0 saturated carbocycles. The van der Waals surface area contributed by atoms with E-state index in [2.05, 4.69) is 62.0 Å². The number of benzene rings is 3. The highest BCUT2D eigenvalue weighted by atomic mass is 32.1. The van der Waals surface area contributed by atoms with Gasteiger partial charge in [-0.05, 0) is 54.2 Å². The summed E-state index contributed by atoms with van der Waals surface area (Å²) in [6, 6.07) is 28.6. The van der Waals surface area contributed by atoms with Crippen LogP contribution >= 0.6 is 12.2 Å². The summed E-state index contributed by atoms with van der Waals surface area (Å²) >= 11 is 4.96. The van der Waals surface area contributed by atoms with Crippen LogP contribution in [-0.4, -0.2) is 21.1 Å². The predicted molar refractivity (Wildman–Crippen MR) is 120 cm³/mol. The van der Waals surface area contributed by atoms with Gasteiger partial charge in [0.1, 0.15) is 0 Å². The van der Waals surface area contributed by atoms with Crippen LogP contribution in [0.25, 0.3) is 0 Å². The van der Waals surface area contributed by atoms with E-state index in [4.69, 9.17) is 18.1 Å². The molecule has 29 heavy (non-hydrogen) atoms. The largest absolute Gasteiger partial charge is 0.334 e. The Morgan fingerprint density at radius 2 is 1.45 bits per heavy atom. The highest BCUT2D eigenvalue weighted by Gasteiger charge is 2.11. The van der Waals surface area contributed by atoms with Crippen LogP contribution in [0.4, 0.5) is 23.0 Å². The van der Waals surface area contributed by atoms with Crippen LogP contribution in [0.15, 0.2) is 90.0 Å². The van der Waals surface area contributed by atoms with Crippen molar-refractivity contribution in [2.75, 3.05) is 16.2 Å². The van der Waals surface area contributed by atoms with Gasteiger partial charge in [-0.15, -0.1) is 5.10 Å². The van der Waals surface area contributed by atoms with E-state index in [1.165, 1.54) is 4.68 Å². The summed E-state index contributed by atoms with van der Waals surface area (Å²) in [5.41, 5.74) is 6.92. The molecule has 0 aliphatic carbocycles. The Bertz CT molecular complexity index is 1110. The van der Waals surface area contributed by atoms with Gasteiger partial charge in [0.25, 0.3) is 5.95 Å². The van der Waals surface area contributed by atoms with Gasteiger partial charge in [0.05, 0.1) is 6.21 Å². The molecule has 1 heterocycles. The van der Waals surface area contributed by atoms with Crippen molar-refractivity contribution in [3.05, 3.63) is 95.3 Å². The van der Waals surface area contributed by atoms with Gasteiger partial charge in [-0.1, -0.05) is 48.5 Å². The Morgan fingerprint density at radius 3 is 1.97 bits per heavy atom. The standard InChI is InChI=1S/C21H19N7S/c22-28-20(25-26-21(28)29)24-23-15-16-11-13-19(14-12-16)27(17-7-3-1-4-8-17)18-9-5-2-6-10-18/h1-15H,22H2,(H,24,25)(H,26,29)/b23-15+. The molecule has 0 spiro atoms. The lowest BCUT2D eigenvalue weighted by Gasteiger charge is -2.25. The van der Waals surface area contributed by atoms with Crippen molar-refractivity contribution in [3.63, 3.8) is 0 Å². The third-order valence-corrected chi connectivity index (χ3v) is 4.55. The third-order valence-electron chi connectivity index (χ3n) is 4.26. The van der Waals surface area contributed by atoms with Crippen LogP contribution in [0.3, 0.4) is 0 Å². The van der Waals surface area contributed by atoms with E-state index in [-0.39, 0.29) is 0 Å². The van der Waals surface area contributed by atoms with Crippen molar-refractivity contribution >= 4 is 41.4 Å². The maximum Gasteiger partial charge on any atom is 0.262 e. The lowest BCUT2D eigenvalue weighted by atomic mass is 10.1. The maximum atomic E-state index is 5.72. The molecule has 0 unspecified atom stereocenters. The van der Waals surface area contributed by atoms with Gasteiger partial charge < -0.3 is 10.7 Å². The van der Waals surface area contributed by atoms with E-state index < -0.39 is 0 Å². The molecule has 0 amide bonds. The zero-order valence-electron chi connectivity index (χ0n) is 15.4. The van der Waals surface area contributed by atoms with E-state index in [9.17, 15) is 0 Å². The molecule has 144 valence electrons. The second-order valence-electron chi connectivity index (χ2n) is 6.19. The number of hydrogen-bond acceptors (Lipinski definition) is 6. The third kappa shape index (κ3) is 4.17. The summed E-state index contributed by atoms with van der Waals surface area (Å²) in [5.74, 6) is 6.06. The molecule has 8 heteroatoms. The number of nitrogens with zero attached hydrogens (tertiary/aromatic N) is 4. The zero-order chi connectivity index (χ0) is 20.1. The molecule has 0 saturated heterocycles. The van der Waals surface area contributed by atoms with Crippen molar-refractivity contribution in [2.24, 2.45) is 5.10 Å². The molecule has 0 bridgehead atoms. The average Bonchev–Trinajstić information content (AvgIpc) is 3.09. The van der Waals surface area contributed by atoms with E-state index in [1.807, 2.05) is 48.5 Å². The Morgan fingerprint density at radius 1 is 0.897 bits per heavy atom. The van der Waals surface area contributed by atoms with Crippen LogP contribution in [0.1, 0.15) is 5.56 Å². The number of aromatic nitrogens is 3. The number of nitrogens with two attached hydrogens (primary N) is 1. The number of anilines is 4. The molecule has 1 aromatic heterocycles. The second kappa shape index (κ2) is 8.41. The van der Waals surface area contributed by atoms with Crippen molar-refractivity contribution in [3.8, 4) is 0 Å². The topological polar surface area (TPSA) is 87.3 Å². The first-order valence-electron chi connectivity index (χ1n) is 8.94. The molecule has 3 aromatic carbocycles. The Balaban J connectivity index is 1.57. The minimum Gasteiger partial charge on any atom is -0.334 e. The lowest BCUT2D eigenvalue weighted by Crippen LogP contribution is -2.11. The van der Waals surface area contributed by atoms with E-state index in [0.717, 1.165) is 22.6 Å². The quantitative estimate of drug-likeness (QED) is 0.191. The van der Waals surface area contributed by atoms with Crippen molar-refractivity contribution in [1.29, 1.82) is 0 Å². The second-order valence-corrected chi connectivity index (χ2v) is 6.58. The van der Waals surface area contributed by atoms with Gasteiger partial charge in [-0.2, -0.15) is 9.78 Å². The van der Waals surface area contributed by atoms with Crippen LogP contribution < -0.4 is 16.2 Å². The summed E-state index contributed by atoms with van der Waals surface area (Å²) < 4.78 is 1.53. The number of hydrogen-bond donors (Lipinski definition) is 3. The molecule has 4 rings (SSSR count). The Hall–Kier alpha value is -3.91. The molecule has 4 N–H and O–H groups in total. The van der Waals surface area contributed by atoms with Crippen LogP contribution in [0.5, 0.6) is 0 Å². The maximum absolute atomic E-state index is 5.72. The van der Waals surface area contributed by atoms with Gasteiger partial charge in [0, 0.05) is 17.1 Å². The fourth-order valence-corrected chi connectivity index (χ4v) is 2.99. The average molecular weight is 401 g/mol. The SMILES string of the molecule is Nn1c(N/N=C/c2ccc(N(c3ccccc3)c3ccccc3)cc2)n[nH]c1=S. The predicted octanol–water partition coefficient (Wildman–Crippen LogP) is 4.57. The number of aromatic amines is 1. The fraction of sp³-hybridized carbons (Fsp3) is 0. The first-order valence-corrected chi connectivity index (χ1v) is 9.35. The first-order chi connectivity index (χ1) is 14.2. The monoisotopic (exact) mass is 401 g/mol. The smallest absolute Gasteiger partial charge is 0.262 e. The Kier molecular flexibility index (Phi) is 5.35. The summed E-state index contributed by atoms with van der Waals surface area (Å²) in [5, 5.41) is 10.7. The minimum absolute atomic E-state index is 0.314. The van der Waals surface area contributed by atoms with Gasteiger partial charge in [0.2, 0.25) is 4.77 Å². The van der Waals surface area contributed by atoms with Crippen molar-refractivity contribution in [1.82, 2.24) is 14.9 Å². The molecular formula is C21H19N7S. The molecule has 0 aliphatic heterocycles. The van der Waals surface area contributed by atoms with Crippen molar-refractivity contribution in [2.45, 2.75) is 0 Å². The number of nitrogen functional groups attached to an aromatic ring is 1. The molecule has 4 aromatic rings. The number of nitrogens with one attached hydrogen (secondary N) is 2. The van der Waals surface area contributed by atoms with Gasteiger partial charge >= 0.3 is 0 Å². The van der Waals surface area contributed by atoms with Gasteiger partial charge in [-0.25, -0.2) is 10.5 Å². The summed E-state index contributed by atoms with van der Waals surface area (Å²) in [4.78, 5) is 2.20. The van der Waals surface area contributed by atoms with Crippen LogP contribution in [-0.2, 0) is 0 Å². The fourth-order valence-electron chi connectivity index (χ4n) is 2.86. The summed E-state index contributed by atoms with van der Waals surface area (Å²) in [7, 11) is 0. The molecule has 0 radical (unpaired) electrons.